The fourth-order valence-corrected chi connectivity index (χ4v) is 5.68. The van der Waals surface area contributed by atoms with Crippen molar-refractivity contribution >= 4 is 0 Å². The van der Waals surface area contributed by atoms with Gasteiger partial charge in [0.15, 0.2) is 0 Å². The SMILES string of the molecule is Cc1ccccc1-c1ccc(-c2ccc(-c3ccccc3)cc2)c(-c2ccccc2C)c1-c1ccccc1C. The highest BCUT2D eigenvalue weighted by Crippen LogP contribution is 2.47. The van der Waals surface area contributed by atoms with E-state index in [0.29, 0.717) is 0 Å². The van der Waals surface area contributed by atoms with Crippen LogP contribution in [0.25, 0.3) is 55.6 Å². The fourth-order valence-electron chi connectivity index (χ4n) is 5.68. The standard InChI is InChI=1S/C39H32/c1-27-13-7-10-18-33(27)37-26-25-36(32-23-21-31(22-24-32)30-16-5-4-6-17-30)38(34-19-11-8-14-28(34)2)39(37)35-20-12-9-15-29(35)3/h4-26H,1-3H3. The van der Waals surface area contributed by atoms with Crippen LogP contribution in [-0.2, 0) is 0 Å². The molecule has 0 spiro atoms. The second-order valence-electron chi connectivity index (χ2n) is 10.3. The lowest BCUT2D eigenvalue weighted by molar-refractivity contribution is 1.41. The first kappa shape index (κ1) is 24.6. The van der Waals surface area contributed by atoms with Crippen LogP contribution in [0.2, 0.25) is 0 Å². The van der Waals surface area contributed by atoms with Crippen molar-refractivity contribution in [1.29, 1.82) is 0 Å². The lowest BCUT2D eigenvalue weighted by Crippen LogP contribution is -1.98. The molecule has 0 aliphatic heterocycles. The first-order valence-corrected chi connectivity index (χ1v) is 13.6. The van der Waals surface area contributed by atoms with E-state index in [-0.39, 0.29) is 0 Å². The molecule has 0 aliphatic carbocycles. The molecule has 6 aromatic carbocycles. The van der Waals surface area contributed by atoms with Crippen LogP contribution >= 0.6 is 0 Å². The Morgan fingerprint density at radius 2 is 0.641 bits per heavy atom. The highest BCUT2D eigenvalue weighted by Gasteiger charge is 2.21. The Morgan fingerprint density at radius 3 is 1.18 bits per heavy atom. The van der Waals surface area contributed by atoms with Crippen LogP contribution in [0.3, 0.4) is 0 Å². The van der Waals surface area contributed by atoms with Gasteiger partial charge in [0.25, 0.3) is 0 Å². The van der Waals surface area contributed by atoms with Gasteiger partial charge in [0.05, 0.1) is 0 Å². The van der Waals surface area contributed by atoms with Crippen LogP contribution in [0, 0.1) is 20.8 Å². The van der Waals surface area contributed by atoms with Crippen molar-refractivity contribution < 1.29 is 0 Å². The minimum atomic E-state index is 1.22. The van der Waals surface area contributed by atoms with Crippen LogP contribution < -0.4 is 0 Å². The molecule has 0 heterocycles. The summed E-state index contributed by atoms with van der Waals surface area (Å²) >= 11 is 0. The van der Waals surface area contributed by atoms with E-state index in [9.17, 15) is 0 Å². The molecular formula is C39H32. The van der Waals surface area contributed by atoms with Crippen molar-refractivity contribution in [2.24, 2.45) is 0 Å². The first-order valence-electron chi connectivity index (χ1n) is 13.6. The molecule has 0 heteroatoms. The van der Waals surface area contributed by atoms with Crippen LogP contribution in [-0.4, -0.2) is 0 Å². The van der Waals surface area contributed by atoms with Gasteiger partial charge in [-0.2, -0.15) is 0 Å². The molecule has 0 nitrogen and oxygen atoms in total. The lowest BCUT2D eigenvalue weighted by Gasteiger charge is -2.23. The maximum absolute atomic E-state index is 2.33. The number of rotatable bonds is 5. The Labute approximate surface area is 232 Å². The van der Waals surface area contributed by atoms with E-state index in [1.807, 2.05) is 0 Å². The molecule has 0 aliphatic rings. The molecule has 0 amide bonds. The summed E-state index contributed by atoms with van der Waals surface area (Å²) in [5.74, 6) is 0. The summed E-state index contributed by atoms with van der Waals surface area (Å²) in [6.07, 6.45) is 0. The van der Waals surface area contributed by atoms with E-state index in [4.69, 9.17) is 0 Å². The third-order valence-corrected chi connectivity index (χ3v) is 7.77. The topological polar surface area (TPSA) is 0 Å². The van der Waals surface area contributed by atoms with Gasteiger partial charge < -0.3 is 0 Å². The van der Waals surface area contributed by atoms with Crippen LogP contribution in [0.5, 0.6) is 0 Å². The van der Waals surface area contributed by atoms with Gasteiger partial charge in [-0.15, -0.1) is 0 Å². The minimum Gasteiger partial charge on any atom is -0.0622 e. The highest BCUT2D eigenvalue weighted by molar-refractivity contribution is 6.03. The molecule has 6 aromatic rings. The lowest BCUT2D eigenvalue weighted by atomic mass is 9.80. The molecule has 0 bridgehead atoms. The summed E-state index contributed by atoms with van der Waals surface area (Å²) in [6.45, 7) is 6.65. The quantitative estimate of drug-likeness (QED) is 0.221. The normalized spacial score (nSPS) is 10.9. The molecule has 0 unspecified atom stereocenters. The Hall–Kier alpha value is -4.68. The zero-order valence-corrected chi connectivity index (χ0v) is 22.8. The number of hydrogen-bond acceptors (Lipinski definition) is 0. The van der Waals surface area contributed by atoms with Crippen molar-refractivity contribution in [3.8, 4) is 55.6 Å². The number of hydrogen-bond donors (Lipinski definition) is 0. The van der Waals surface area contributed by atoms with E-state index in [1.165, 1.54) is 72.3 Å². The van der Waals surface area contributed by atoms with Gasteiger partial charge in [-0.1, -0.05) is 140 Å². The van der Waals surface area contributed by atoms with Crippen LogP contribution in [0.15, 0.2) is 140 Å². The summed E-state index contributed by atoms with van der Waals surface area (Å²) in [7, 11) is 0. The number of benzene rings is 6. The molecule has 0 aromatic heterocycles. The summed E-state index contributed by atoms with van der Waals surface area (Å²) in [4.78, 5) is 0. The summed E-state index contributed by atoms with van der Waals surface area (Å²) < 4.78 is 0. The van der Waals surface area contributed by atoms with Crippen molar-refractivity contribution in [2.75, 3.05) is 0 Å². The Morgan fingerprint density at radius 1 is 0.256 bits per heavy atom. The molecular weight excluding hydrogens is 468 g/mol. The van der Waals surface area contributed by atoms with Gasteiger partial charge >= 0.3 is 0 Å². The molecule has 0 N–H and O–H groups in total. The smallest absolute Gasteiger partial charge is 0.00177 e. The molecule has 39 heavy (non-hydrogen) atoms. The van der Waals surface area contributed by atoms with E-state index in [2.05, 4.69) is 160 Å². The average molecular weight is 501 g/mol. The summed E-state index contributed by atoms with van der Waals surface area (Å²) in [5.41, 5.74) is 16.4. The molecule has 0 saturated heterocycles. The van der Waals surface area contributed by atoms with Crippen molar-refractivity contribution in [3.05, 3.63) is 156 Å². The molecule has 0 fully saturated rings. The van der Waals surface area contributed by atoms with E-state index < -0.39 is 0 Å². The monoisotopic (exact) mass is 500 g/mol. The second-order valence-corrected chi connectivity index (χ2v) is 10.3. The van der Waals surface area contributed by atoms with E-state index >= 15 is 0 Å². The molecule has 6 rings (SSSR count). The van der Waals surface area contributed by atoms with Crippen molar-refractivity contribution in [2.45, 2.75) is 20.8 Å². The molecule has 188 valence electrons. The molecule has 0 atom stereocenters. The van der Waals surface area contributed by atoms with Gasteiger partial charge in [0, 0.05) is 0 Å². The van der Waals surface area contributed by atoms with Gasteiger partial charge in [-0.25, -0.2) is 0 Å². The maximum atomic E-state index is 2.33. The van der Waals surface area contributed by atoms with Gasteiger partial charge in [0.2, 0.25) is 0 Å². The maximum Gasteiger partial charge on any atom is -0.00177 e. The molecule has 0 saturated carbocycles. The average Bonchev–Trinajstić information content (AvgIpc) is 2.98. The Balaban J connectivity index is 1.68. The fraction of sp³-hybridized carbons (Fsp3) is 0.0769. The van der Waals surface area contributed by atoms with E-state index in [0.717, 1.165) is 0 Å². The van der Waals surface area contributed by atoms with Crippen molar-refractivity contribution in [3.63, 3.8) is 0 Å². The second kappa shape index (κ2) is 10.6. The third kappa shape index (κ3) is 4.71. The minimum absolute atomic E-state index is 1.22. The largest absolute Gasteiger partial charge is 0.0622 e. The first-order chi connectivity index (χ1) is 19.1. The third-order valence-electron chi connectivity index (χ3n) is 7.77. The van der Waals surface area contributed by atoms with Crippen LogP contribution in [0.1, 0.15) is 16.7 Å². The molecule has 0 radical (unpaired) electrons. The highest BCUT2D eigenvalue weighted by atomic mass is 14.2. The summed E-state index contributed by atoms with van der Waals surface area (Å²) in [5, 5.41) is 0. The van der Waals surface area contributed by atoms with Gasteiger partial charge in [-0.3, -0.25) is 0 Å². The zero-order valence-electron chi connectivity index (χ0n) is 22.8. The van der Waals surface area contributed by atoms with E-state index in [1.54, 1.807) is 0 Å². The van der Waals surface area contributed by atoms with Gasteiger partial charge in [-0.05, 0) is 93.1 Å². The van der Waals surface area contributed by atoms with Crippen molar-refractivity contribution in [1.82, 2.24) is 0 Å². The Kier molecular flexibility index (Phi) is 6.69. The summed E-state index contributed by atoms with van der Waals surface area (Å²) in [6, 6.07) is 50.6. The number of aryl methyl sites for hydroxylation is 3. The zero-order chi connectivity index (χ0) is 26.8. The predicted molar refractivity (Wildman–Crippen MR) is 168 cm³/mol. The van der Waals surface area contributed by atoms with Crippen LogP contribution in [0.4, 0.5) is 0 Å². The predicted octanol–water partition coefficient (Wildman–Crippen LogP) is 10.9. The Bertz CT molecular complexity index is 1760. The van der Waals surface area contributed by atoms with Gasteiger partial charge in [0.1, 0.15) is 0 Å².